The SMILES string of the molecule is C=CC1=C2/C=c3\[n-]/c(c(CC)c3C)=C\c3[n-]c4c(c3C)C(=O)[C@H](C(=O)OC)/C4=C3/[N-]/C(=C\C(=C1C)[NH+]2[O-])[C@@H](C)[C@@H]3CCC(=O)OC/C=C(/C)CCC[C@H](C)CCC[C@H](C)CCCC(C)C.[Mg+2]. The average Bonchev–Trinajstić information content (AvgIpc) is 3.99. The van der Waals surface area contributed by atoms with E-state index in [1.54, 1.807) is 6.08 Å². The van der Waals surface area contributed by atoms with Crippen molar-refractivity contribution in [3.8, 4) is 0 Å². The minimum atomic E-state index is -1.27. The minimum Gasteiger partial charge on any atom is -0.664 e. The van der Waals surface area contributed by atoms with Crippen LogP contribution in [0.4, 0.5) is 0 Å². The molecule has 0 amide bonds. The van der Waals surface area contributed by atoms with E-state index >= 15 is 0 Å². The van der Waals surface area contributed by atoms with Gasteiger partial charge in [-0.15, -0.1) is 22.1 Å². The number of carbonyl (C=O) groups is 3. The molecule has 1 unspecified atom stereocenters. The molecule has 4 aliphatic rings. The molecule has 0 saturated carbocycles. The molecule has 11 heteroatoms. The minimum absolute atomic E-state index is 0. The van der Waals surface area contributed by atoms with Crippen LogP contribution >= 0.6 is 0 Å². The standard InChI is InChI=1S/C55H74N4O6.Mg/c1-13-39-35(8)43-30-47-40(14-2)37(10)46(59(47)63)29-44-36(9)41(52(57-44)50-51(55(62)64-12)54(61)49-38(11)42(58-53(49)50)28-45(39)56-43)24-25-48(60)65-27-26-34(7)23-17-22-33(6)21-16-20-32(5)19-15-18-31(3)4;/h14,26,28-33,36,41,51,59H,2,13,15-25,27H2,1,3-12H3,(H-,57,58,61);/q-2;+2/p-1/b34-26-,43-30-,44-29-,45-28-;/t32-,33-,36+,41+,51-;/m1./s1. The van der Waals surface area contributed by atoms with E-state index in [2.05, 4.69) is 48.1 Å². The topological polar surface area (TPSA) is 139 Å². The summed E-state index contributed by atoms with van der Waals surface area (Å²) in [6, 6.07) is 0. The third-order valence-electron chi connectivity index (χ3n) is 14.5. The third-order valence-corrected chi connectivity index (χ3v) is 14.5. The quantitative estimate of drug-likeness (QED) is 0.0457. The van der Waals surface area contributed by atoms with Gasteiger partial charge in [0.05, 0.1) is 7.11 Å². The molecule has 0 spiro atoms. The number of aromatic nitrogens is 2. The number of methoxy groups -OCH3 is 1. The second-order valence-corrected chi connectivity index (χ2v) is 19.7. The van der Waals surface area contributed by atoms with E-state index in [0.717, 1.165) is 47.0 Å². The molecule has 6 rings (SSSR count). The zero-order valence-corrected chi connectivity index (χ0v) is 43.2. The van der Waals surface area contributed by atoms with Crippen molar-refractivity contribution in [3.05, 3.63) is 119 Å². The number of rotatable bonds is 20. The molecule has 3 aliphatic heterocycles. The zero-order valence-electron chi connectivity index (χ0n) is 41.7. The summed E-state index contributed by atoms with van der Waals surface area (Å²) >= 11 is 0. The summed E-state index contributed by atoms with van der Waals surface area (Å²) in [6.07, 6.45) is 21.6. The molecule has 10 nitrogen and oxygen atoms in total. The van der Waals surface area contributed by atoms with Crippen LogP contribution in [0.5, 0.6) is 0 Å². The maximum absolute atomic E-state index is 14.4. The third kappa shape index (κ3) is 11.4. The smallest absolute Gasteiger partial charge is 0.664 e. The van der Waals surface area contributed by atoms with Crippen LogP contribution in [0.3, 0.4) is 0 Å². The first-order valence-corrected chi connectivity index (χ1v) is 24.3. The fraction of sp³-hybridized carbons (Fsp3) is 0.545. The van der Waals surface area contributed by atoms with Crippen LogP contribution in [-0.2, 0) is 25.5 Å². The van der Waals surface area contributed by atoms with Gasteiger partial charge < -0.3 is 35.0 Å². The Morgan fingerprint density at radius 3 is 2.21 bits per heavy atom. The molecule has 0 radical (unpaired) electrons. The van der Waals surface area contributed by atoms with E-state index in [1.807, 2.05) is 52.0 Å². The van der Waals surface area contributed by atoms with Crippen LogP contribution in [0, 0.1) is 54.6 Å². The van der Waals surface area contributed by atoms with E-state index in [-0.39, 0.29) is 53.0 Å². The summed E-state index contributed by atoms with van der Waals surface area (Å²) in [7, 11) is 1.27. The van der Waals surface area contributed by atoms with Crippen molar-refractivity contribution < 1.29 is 28.9 Å². The van der Waals surface area contributed by atoms with Crippen LogP contribution in [0.1, 0.15) is 164 Å². The molecule has 66 heavy (non-hydrogen) atoms. The summed E-state index contributed by atoms with van der Waals surface area (Å²) in [5.74, 6) is -1.08. The van der Waals surface area contributed by atoms with Crippen LogP contribution in [0.25, 0.3) is 23.0 Å². The molecular formula is C55H73MgN4O6-. The van der Waals surface area contributed by atoms with Crippen molar-refractivity contribution in [2.45, 2.75) is 146 Å². The first kappa shape index (κ1) is 52.8. The summed E-state index contributed by atoms with van der Waals surface area (Å²) in [5.41, 5.74) is 9.21. The van der Waals surface area contributed by atoms with Crippen molar-refractivity contribution in [2.75, 3.05) is 13.7 Å². The van der Waals surface area contributed by atoms with Crippen molar-refractivity contribution in [1.82, 2.24) is 9.97 Å². The van der Waals surface area contributed by atoms with Gasteiger partial charge in [0, 0.05) is 23.1 Å². The number of ketones is 1. The van der Waals surface area contributed by atoms with Gasteiger partial charge in [-0.05, 0) is 101 Å². The van der Waals surface area contributed by atoms with Gasteiger partial charge in [0.15, 0.2) is 5.78 Å². The van der Waals surface area contributed by atoms with E-state index in [9.17, 15) is 19.6 Å². The first-order valence-electron chi connectivity index (χ1n) is 24.3. The molecule has 352 valence electrons. The fourth-order valence-corrected chi connectivity index (χ4v) is 10.3. The Bertz CT molecular complexity index is 2460. The first-order chi connectivity index (χ1) is 31.0. The largest absolute Gasteiger partial charge is 2.00 e. The van der Waals surface area contributed by atoms with Gasteiger partial charge in [-0.25, -0.2) is 0 Å². The second kappa shape index (κ2) is 23.2. The Morgan fingerprint density at radius 1 is 0.909 bits per heavy atom. The summed E-state index contributed by atoms with van der Waals surface area (Å²) < 4.78 is 11.0. The zero-order chi connectivity index (χ0) is 47.3. The van der Waals surface area contributed by atoms with Gasteiger partial charge in [0.1, 0.15) is 23.9 Å². The molecule has 8 bridgehead atoms. The molecule has 2 aromatic rings. The number of nitrogens with one attached hydrogen (secondary N) is 1. The van der Waals surface area contributed by atoms with Crippen LogP contribution < -0.4 is 25.7 Å². The number of carbonyl (C=O) groups excluding carboxylic acids is 3. The van der Waals surface area contributed by atoms with E-state index in [0.29, 0.717) is 80.3 Å². The molecule has 1 saturated heterocycles. The number of ether oxygens (including phenoxy) is 2. The summed E-state index contributed by atoms with van der Waals surface area (Å²) in [5, 5.41) is 20.8. The van der Waals surface area contributed by atoms with Gasteiger partial charge in [0.25, 0.3) is 0 Å². The molecule has 1 aliphatic carbocycles. The number of hydroxylamine groups is 2. The van der Waals surface area contributed by atoms with Crippen molar-refractivity contribution >= 4 is 58.5 Å². The van der Waals surface area contributed by atoms with Crippen LogP contribution in [0.15, 0.2) is 64.3 Å². The molecule has 6 atom stereocenters. The molecular weight excluding hydrogens is 837 g/mol. The number of esters is 2. The predicted molar refractivity (Wildman–Crippen MR) is 265 cm³/mol. The second-order valence-electron chi connectivity index (χ2n) is 19.7. The van der Waals surface area contributed by atoms with Crippen LogP contribution in [-0.4, -0.2) is 54.5 Å². The Morgan fingerprint density at radius 2 is 1.58 bits per heavy atom. The Kier molecular flexibility index (Phi) is 18.6. The van der Waals surface area contributed by atoms with Gasteiger partial charge in [-0.3, -0.25) is 14.4 Å². The normalized spacial score (nSPS) is 24.0. The molecule has 2 aromatic heterocycles. The number of hydrogen-bond acceptors (Lipinski definition) is 6. The Balaban J connectivity index is 0.00000817. The molecule has 1 N–H and O–H groups in total. The number of allylic oxidation sites excluding steroid dienone is 8. The van der Waals surface area contributed by atoms with E-state index in [1.165, 1.54) is 57.6 Å². The van der Waals surface area contributed by atoms with Crippen LogP contribution in [0.2, 0.25) is 0 Å². The maximum Gasteiger partial charge on any atom is 2.00 e. The fourth-order valence-electron chi connectivity index (χ4n) is 10.3. The van der Waals surface area contributed by atoms with Gasteiger partial charge >= 0.3 is 35.0 Å². The monoisotopic (exact) mass is 910 g/mol. The number of fused-ring (bicyclic) bond motifs is 7. The number of hydrogen-bond donors (Lipinski definition) is 1. The van der Waals surface area contributed by atoms with Crippen molar-refractivity contribution in [2.24, 2.45) is 35.5 Å². The van der Waals surface area contributed by atoms with Gasteiger partial charge in [0.2, 0.25) is 0 Å². The van der Waals surface area contributed by atoms with Crippen molar-refractivity contribution in [3.63, 3.8) is 0 Å². The number of Topliss-reactive ketones (excluding diaryl/α,β-unsaturated/α-hetero) is 1. The summed E-state index contributed by atoms with van der Waals surface area (Å²) in [4.78, 5) is 51.5. The predicted octanol–water partition coefficient (Wildman–Crippen LogP) is 9.06. The average molecular weight is 911 g/mol. The number of nitrogens with zero attached hydrogens (tertiary/aromatic N) is 3. The molecule has 5 heterocycles. The number of quaternary nitrogens is 1. The van der Waals surface area contributed by atoms with E-state index < -0.39 is 23.6 Å². The Labute approximate surface area is 410 Å². The maximum atomic E-state index is 14.4. The molecule has 1 fully saturated rings. The van der Waals surface area contributed by atoms with Gasteiger partial charge in [-0.2, -0.15) is 11.4 Å². The van der Waals surface area contributed by atoms with Crippen molar-refractivity contribution in [1.29, 1.82) is 0 Å². The molecule has 0 aromatic carbocycles. The Hall–Kier alpha value is -4.16. The van der Waals surface area contributed by atoms with E-state index in [4.69, 9.17) is 24.8 Å². The summed E-state index contributed by atoms with van der Waals surface area (Å²) in [6.45, 7) is 25.6. The van der Waals surface area contributed by atoms with Gasteiger partial charge in [-0.1, -0.05) is 133 Å².